The molecule has 0 radical (unpaired) electrons. The summed E-state index contributed by atoms with van der Waals surface area (Å²) in [7, 11) is 0. The Balaban J connectivity index is 1.68. The van der Waals surface area contributed by atoms with Crippen molar-refractivity contribution in [3.05, 3.63) is 65.5 Å². The first-order valence-corrected chi connectivity index (χ1v) is 9.74. The zero-order valence-corrected chi connectivity index (χ0v) is 16.2. The molecule has 1 aromatic heterocycles. The lowest BCUT2D eigenvalue weighted by Gasteiger charge is -2.30. The number of nitrogens with one attached hydrogen (secondary N) is 1. The number of pyridine rings is 1. The molecule has 0 bridgehead atoms. The zero-order chi connectivity index (χ0) is 19.9. The molecule has 28 heavy (non-hydrogen) atoms. The standard InChI is InChI=1S/C22H27N3O3/c1-16-5-2-3-7-19(16)15-25(14-17-6-4-12-23-13-17)22(28)24-20-10-8-18(9-11-20)21(26)27/h2-7,12-13,18,20H,8-11,14-15H2,1H3,(H,24,28)(H,26,27). The summed E-state index contributed by atoms with van der Waals surface area (Å²) in [6.07, 6.45) is 6.12. The molecule has 1 heterocycles. The summed E-state index contributed by atoms with van der Waals surface area (Å²) >= 11 is 0. The monoisotopic (exact) mass is 381 g/mol. The van der Waals surface area contributed by atoms with E-state index >= 15 is 0 Å². The first-order chi connectivity index (χ1) is 13.5. The number of hydrogen-bond donors (Lipinski definition) is 2. The molecule has 1 aromatic carbocycles. The molecule has 2 aromatic rings. The van der Waals surface area contributed by atoms with Gasteiger partial charge >= 0.3 is 12.0 Å². The molecule has 0 saturated heterocycles. The number of rotatable bonds is 6. The maximum absolute atomic E-state index is 13.0. The lowest BCUT2D eigenvalue weighted by molar-refractivity contribution is -0.142. The van der Waals surface area contributed by atoms with E-state index in [9.17, 15) is 9.59 Å². The molecule has 0 spiro atoms. The number of carboxylic acids is 1. The fourth-order valence-corrected chi connectivity index (χ4v) is 3.66. The molecule has 0 aliphatic heterocycles. The fraction of sp³-hybridized carbons (Fsp3) is 0.409. The number of aromatic nitrogens is 1. The molecule has 2 N–H and O–H groups in total. The van der Waals surface area contributed by atoms with E-state index in [2.05, 4.69) is 10.3 Å². The van der Waals surface area contributed by atoms with Crippen LogP contribution in [-0.4, -0.2) is 33.0 Å². The van der Waals surface area contributed by atoms with Crippen molar-refractivity contribution in [3.8, 4) is 0 Å². The van der Waals surface area contributed by atoms with Crippen LogP contribution in [-0.2, 0) is 17.9 Å². The van der Waals surface area contributed by atoms with Gasteiger partial charge in [-0.2, -0.15) is 0 Å². The van der Waals surface area contributed by atoms with Crippen LogP contribution in [0.4, 0.5) is 4.79 Å². The highest BCUT2D eigenvalue weighted by molar-refractivity contribution is 5.75. The number of urea groups is 1. The summed E-state index contributed by atoms with van der Waals surface area (Å²) < 4.78 is 0. The van der Waals surface area contributed by atoms with Crippen LogP contribution in [0.15, 0.2) is 48.8 Å². The normalized spacial score (nSPS) is 19.0. The number of aliphatic carboxylic acids is 1. The molecular formula is C22H27N3O3. The van der Waals surface area contributed by atoms with Crippen LogP contribution < -0.4 is 5.32 Å². The molecule has 2 amide bonds. The van der Waals surface area contributed by atoms with Crippen LogP contribution in [0.3, 0.4) is 0 Å². The van der Waals surface area contributed by atoms with E-state index in [0.717, 1.165) is 16.7 Å². The number of carbonyl (C=O) groups is 2. The van der Waals surface area contributed by atoms with Gasteiger partial charge in [-0.15, -0.1) is 0 Å². The van der Waals surface area contributed by atoms with Gasteiger partial charge in [0.05, 0.1) is 5.92 Å². The second kappa shape index (κ2) is 9.35. The van der Waals surface area contributed by atoms with Crippen molar-refractivity contribution < 1.29 is 14.7 Å². The van der Waals surface area contributed by atoms with Crippen molar-refractivity contribution in [2.45, 2.75) is 51.7 Å². The topological polar surface area (TPSA) is 82.5 Å². The van der Waals surface area contributed by atoms with Gasteiger partial charge in [-0.3, -0.25) is 9.78 Å². The first-order valence-electron chi connectivity index (χ1n) is 9.74. The van der Waals surface area contributed by atoms with E-state index in [-0.39, 0.29) is 18.0 Å². The third kappa shape index (κ3) is 5.31. The highest BCUT2D eigenvalue weighted by atomic mass is 16.4. The smallest absolute Gasteiger partial charge is 0.318 e. The van der Waals surface area contributed by atoms with Gasteiger partial charge < -0.3 is 15.3 Å². The van der Waals surface area contributed by atoms with Gasteiger partial charge in [0.1, 0.15) is 0 Å². The van der Waals surface area contributed by atoms with E-state index in [4.69, 9.17) is 5.11 Å². The SMILES string of the molecule is Cc1ccccc1CN(Cc1cccnc1)C(=O)NC1CCC(C(=O)O)CC1. The molecule has 148 valence electrons. The minimum atomic E-state index is -0.734. The largest absolute Gasteiger partial charge is 0.481 e. The molecule has 1 aliphatic carbocycles. The summed E-state index contributed by atoms with van der Waals surface area (Å²) in [6.45, 7) is 3.03. The Bertz CT molecular complexity index is 802. The number of benzene rings is 1. The van der Waals surface area contributed by atoms with Crippen molar-refractivity contribution in [2.75, 3.05) is 0 Å². The molecule has 1 fully saturated rings. The van der Waals surface area contributed by atoms with Crippen LogP contribution in [0.2, 0.25) is 0 Å². The van der Waals surface area contributed by atoms with Gasteiger partial charge in [-0.1, -0.05) is 30.3 Å². The molecule has 3 rings (SSSR count). The molecular weight excluding hydrogens is 354 g/mol. The highest BCUT2D eigenvalue weighted by Crippen LogP contribution is 2.25. The van der Waals surface area contributed by atoms with Gasteiger partial charge in [0.25, 0.3) is 0 Å². The Labute approximate surface area is 165 Å². The lowest BCUT2D eigenvalue weighted by atomic mass is 9.86. The number of nitrogens with zero attached hydrogens (tertiary/aromatic N) is 2. The predicted octanol–water partition coefficient (Wildman–Crippen LogP) is 3.75. The van der Waals surface area contributed by atoms with Crippen molar-refractivity contribution in [3.63, 3.8) is 0 Å². The van der Waals surface area contributed by atoms with Crippen LogP contribution in [0, 0.1) is 12.8 Å². The summed E-state index contributed by atoms with van der Waals surface area (Å²) in [5.74, 6) is -1.02. The number of carbonyl (C=O) groups excluding carboxylic acids is 1. The van der Waals surface area contributed by atoms with Gasteiger partial charge in [0.2, 0.25) is 0 Å². The average molecular weight is 381 g/mol. The van der Waals surface area contributed by atoms with Gasteiger partial charge in [0, 0.05) is 31.5 Å². The molecule has 0 unspecified atom stereocenters. The summed E-state index contributed by atoms with van der Waals surface area (Å²) in [5, 5.41) is 12.3. The summed E-state index contributed by atoms with van der Waals surface area (Å²) in [4.78, 5) is 30.1. The third-order valence-corrected chi connectivity index (χ3v) is 5.41. The summed E-state index contributed by atoms with van der Waals surface area (Å²) in [5.41, 5.74) is 3.23. The number of amides is 2. The van der Waals surface area contributed by atoms with E-state index in [1.807, 2.05) is 43.3 Å². The van der Waals surface area contributed by atoms with Crippen LogP contribution in [0.5, 0.6) is 0 Å². The molecule has 6 nitrogen and oxygen atoms in total. The number of hydrogen-bond acceptors (Lipinski definition) is 3. The van der Waals surface area contributed by atoms with Gasteiger partial charge in [0.15, 0.2) is 0 Å². The van der Waals surface area contributed by atoms with Crippen LogP contribution in [0.25, 0.3) is 0 Å². The van der Waals surface area contributed by atoms with Crippen LogP contribution >= 0.6 is 0 Å². The van der Waals surface area contributed by atoms with Crippen molar-refractivity contribution >= 4 is 12.0 Å². The van der Waals surface area contributed by atoms with Gasteiger partial charge in [-0.05, 0) is 55.4 Å². The quantitative estimate of drug-likeness (QED) is 0.798. The Morgan fingerprint density at radius 1 is 1.11 bits per heavy atom. The molecule has 6 heteroatoms. The maximum atomic E-state index is 13.0. The minimum Gasteiger partial charge on any atom is -0.481 e. The van der Waals surface area contributed by atoms with E-state index < -0.39 is 5.97 Å². The third-order valence-electron chi connectivity index (χ3n) is 5.41. The van der Waals surface area contributed by atoms with E-state index in [1.165, 1.54) is 0 Å². The van der Waals surface area contributed by atoms with E-state index in [0.29, 0.717) is 38.8 Å². The summed E-state index contributed by atoms with van der Waals surface area (Å²) in [6, 6.07) is 11.8. The lowest BCUT2D eigenvalue weighted by Crippen LogP contribution is -2.45. The minimum absolute atomic E-state index is 0.0244. The Morgan fingerprint density at radius 2 is 1.86 bits per heavy atom. The van der Waals surface area contributed by atoms with Crippen LogP contribution in [0.1, 0.15) is 42.4 Å². The number of aryl methyl sites for hydroxylation is 1. The first kappa shape index (κ1) is 19.9. The van der Waals surface area contributed by atoms with E-state index in [1.54, 1.807) is 17.3 Å². The van der Waals surface area contributed by atoms with Crippen molar-refractivity contribution in [2.24, 2.45) is 5.92 Å². The number of carboxylic acid groups (broad SMARTS) is 1. The Kier molecular flexibility index (Phi) is 6.63. The van der Waals surface area contributed by atoms with Gasteiger partial charge in [-0.25, -0.2) is 4.79 Å². The highest BCUT2D eigenvalue weighted by Gasteiger charge is 2.28. The zero-order valence-electron chi connectivity index (χ0n) is 16.2. The van der Waals surface area contributed by atoms with Crippen molar-refractivity contribution in [1.29, 1.82) is 0 Å². The fourth-order valence-electron chi connectivity index (χ4n) is 3.66. The average Bonchev–Trinajstić information content (AvgIpc) is 2.70. The predicted molar refractivity (Wildman–Crippen MR) is 107 cm³/mol. The van der Waals surface area contributed by atoms with Crippen molar-refractivity contribution in [1.82, 2.24) is 15.2 Å². The molecule has 1 saturated carbocycles. The maximum Gasteiger partial charge on any atom is 0.318 e. The molecule has 0 atom stereocenters. The molecule has 1 aliphatic rings. The second-order valence-corrected chi connectivity index (χ2v) is 7.48. The Morgan fingerprint density at radius 3 is 2.50 bits per heavy atom. The Hall–Kier alpha value is -2.89. The second-order valence-electron chi connectivity index (χ2n) is 7.48.